The summed E-state index contributed by atoms with van der Waals surface area (Å²) in [7, 11) is 0. The Bertz CT molecular complexity index is 935. The van der Waals surface area contributed by atoms with Crippen molar-refractivity contribution in [1.29, 1.82) is 0 Å². The first-order chi connectivity index (χ1) is 14.9. The predicted molar refractivity (Wildman–Crippen MR) is 112 cm³/mol. The van der Waals surface area contributed by atoms with E-state index in [2.05, 4.69) is 20.6 Å². The van der Waals surface area contributed by atoms with Crippen LogP contribution in [-0.2, 0) is 17.8 Å². The summed E-state index contributed by atoms with van der Waals surface area (Å²) in [6.45, 7) is 2.18. The largest absolute Gasteiger partial charge is 0.465 e. The number of rotatable bonds is 6. The van der Waals surface area contributed by atoms with Gasteiger partial charge in [-0.05, 0) is 18.4 Å². The molecule has 4 N–H and O–H groups in total. The molecule has 1 aliphatic rings. The van der Waals surface area contributed by atoms with Crippen molar-refractivity contribution in [2.45, 2.75) is 38.5 Å². The number of hydrogen-bond donors (Lipinski definition) is 4. The molecule has 1 aromatic heterocycles. The fourth-order valence-corrected chi connectivity index (χ4v) is 3.59. The third-order valence-electron chi connectivity index (χ3n) is 5.01. The smallest absolute Gasteiger partial charge is 0.407 e. The number of aryl methyl sites for hydroxylation is 1. The lowest BCUT2D eigenvalue weighted by atomic mass is 9.99. The summed E-state index contributed by atoms with van der Waals surface area (Å²) in [6, 6.07) is 7.98. The number of carbonyl (C=O) groups excluding carboxylic acids is 2. The summed E-state index contributed by atoms with van der Waals surface area (Å²) < 4.78 is 5.23. The van der Waals surface area contributed by atoms with Gasteiger partial charge in [-0.15, -0.1) is 0 Å². The molecule has 3 amide bonds. The zero-order chi connectivity index (χ0) is 22.4. The number of piperidine rings is 1. The number of aromatic nitrogens is 2. The minimum absolute atomic E-state index is 0.0137. The molecule has 1 aliphatic heterocycles. The fourth-order valence-electron chi connectivity index (χ4n) is 3.33. The first-order valence-corrected chi connectivity index (χ1v) is 10.3. The normalized spacial score (nSPS) is 18.3. The zero-order valence-electron chi connectivity index (χ0n) is 16.9. The second kappa shape index (κ2) is 10.2. The molecule has 2 atom stereocenters. The number of hydrogen-bond acceptors (Lipinski definition) is 5. The molecule has 11 heteroatoms. The van der Waals surface area contributed by atoms with E-state index in [0.29, 0.717) is 18.5 Å². The topological polar surface area (TPSA) is 137 Å². The number of aromatic amines is 1. The summed E-state index contributed by atoms with van der Waals surface area (Å²) in [6.07, 6.45) is -0.890. The Labute approximate surface area is 183 Å². The first-order valence-electron chi connectivity index (χ1n) is 9.87. The number of halogens is 1. The van der Waals surface area contributed by atoms with Crippen molar-refractivity contribution in [3.63, 3.8) is 0 Å². The number of nitrogens with one attached hydrogen (secondary N) is 3. The van der Waals surface area contributed by atoms with Crippen LogP contribution in [0.15, 0.2) is 30.3 Å². The number of carbonyl (C=O) groups is 3. The van der Waals surface area contributed by atoms with Crippen molar-refractivity contribution >= 4 is 29.7 Å². The highest BCUT2D eigenvalue weighted by molar-refractivity contribution is 6.30. The Hall–Kier alpha value is -3.27. The fraction of sp³-hybridized carbons (Fsp3) is 0.400. The molecule has 0 radical (unpaired) electrons. The molecule has 3 rings (SSSR count). The third kappa shape index (κ3) is 5.88. The minimum atomic E-state index is -1.10. The zero-order valence-corrected chi connectivity index (χ0v) is 17.7. The molecular formula is C20H24ClN5O5. The van der Waals surface area contributed by atoms with Gasteiger partial charge in [-0.3, -0.25) is 4.79 Å². The number of amides is 3. The van der Waals surface area contributed by atoms with E-state index in [4.69, 9.17) is 16.3 Å². The molecule has 1 saturated heterocycles. The minimum Gasteiger partial charge on any atom is -0.465 e. The van der Waals surface area contributed by atoms with E-state index in [9.17, 15) is 19.5 Å². The van der Waals surface area contributed by atoms with E-state index in [0.717, 1.165) is 5.56 Å². The van der Waals surface area contributed by atoms with Crippen molar-refractivity contribution in [2.24, 2.45) is 0 Å². The molecule has 31 heavy (non-hydrogen) atoms. The first kappa shape index (κ1) is 22.4. The number of benzene rings is 1. The number of imidazole rings is 1. The quantitative estimate of drug-likeness (QED) is 0.534. The van der Waals surface area contributed by atoms with Gasteiger partial charge in [0.25, 0.3) is 5.91 Å². The highest BCUT2D eigenvalue weighted by atomic mass is 35.5. The van der Waals surface area contributed by atoms with Gasteiger partial charge in [0.1, 0.15) is 6.61 Å². The van der Waals surface area contributed by atoms with Gasteiger partial charge in [0.15, 0.2) is 11.0 Å². The van der Waals surface area contributed by atoms with Crippen LogP contribution in [0.5, 0.6) is 0 Å². The molecule has 0 bridgehead atoms. The maximum Gasteiger partial charge on any atom is 0.407 e. The number of alkyl carbamates (subject to hydrolysis) is 1. The lowest BCUT2D eigenvalue weighted by molar-refractivity contribution is 0.0834. The summed E-state index contributed by atoms with van der Waals surface area (Å²) in [5.41, 5.74) is 1.46. The molecule has 0 saturated carbocycles. The van der Waals surface area contributed by atoms with Crippen molar-refractivity contribution in [3.05, 3.63) is 52.6 Å². The van der Waals surface area contributed by atoms with Crippen LogP contribution in [-0.4, -0.2) is 63.2 Å². The maximum atomic E-state index is 12.6. The summed E-state index contributed by atoms with van der Waals surface area (Å²) in [5, 5.41) is 15.0. The Morgan fingerprint density at radius 3 is 2.65 bits per heavy atom. The van der Waals surface area contributed by atoms with E-state index in [-0.39, 0.29) is 30.7 Å². The molecule has 166 valence electrons. The van der Waals surface area contributed by atoms with E-state index in [1.54, 1.807) is 0 Å². The lowest BCUT2D eigenvalue weighted by Gasteiger charge is -2.37. The second-order valence-electron chi connectivity index (χ2n) is 7.12. The number of likely N-dealkylation sites (tertiary alicyclic amines) is 1. The van der Waals surface area contributed by atoms with Gasteiger partial charge < -0.3 is 30.4 Å². The molecular weight excluding hydrogens is 426 g/mol. The molecule has 2 heterocycles. The van der Waals surface area contributed by atoms with Gasteiger partial charge in [-0.25, -0.2) is 14.6 Å². The Morgan fingerprint density at radius 1 is 1.26 bits per heavy atom. The molecule has 0 aliphatic carbocycles. The molecule has 10 nitrogen and oxygen atoms in total. The molecule has 0 spiro atoms. The van der Waals surface area contributed by atoms with Crippen LogP contribution < -0.4 is 10.6 Å². The number of nitrogens with zero attached hydrogens (tertiary/aromatic N) is 2. The van der Waals surface area contributed by atoms with Gasteiger partial charge in [0.2, 0.25) is 0 Å². The Morgan fingerprint density at radius 2 is 2.00 bits per heavy atom. The highest BCUT2D eigenvalue weighted by Crippen LogP contribution is 2.16. The van der Waals surface area contributed by atoms with Gasteiger partial charge >= 0.3 is 12.2 Å². The van der Waals surface area contributed by atoms with E-state index >= 15 is 0 Å². The van der Waals surface area contributed by atoms with Gasteiger partial charge in [-0.1, -0.05) is 48.9 Å². The van der Waals surface area contributed by atoms with Crippen LogP contribution in [0.1, 0.15) is 35.2 Å². The molecule has 1 fully saturated rings. The average molecular weight is 450 g/mol. The van der Waals surface area contributed by atoms with Gasteiger partial charge in [-0.2, -0.15) is 0 Å². The van der Waals surface area contributed by atoms with Crippen LogP contribution >= 0.6 is 11.6 Å². The van der Waals surface area contributed by atoms with Crippen LogP contribution in [0.3, 0.4) is 0 Å². The monoisotopic (exact) mass is 449 g/mol. The molecule has 2 aromatic rings. The number of carboxylic acid groups (broad SMARTS) is 1. The summed E-state index contributed by atoms with van der Waals surface area (Å²) in [4.78, 5) is 44.4. The number of ether oxygens (including phenoxy) is 1. The van der Waals surface area contributed by atoms with Crippen molar-refractivity contribution in [2.75, 3.05) is 13.1 Å². The molecule has 1 aromatic carbocycles. The Balaban J connectivity index is 1.64. The van der Waals surface area contributed by atoms with E-state index in [1.165, 1.54) is 4.90 Å². The average Bonchev–Trinajstić information content (AvgIpc) is 3.15. The van der Waals surface area contributed by atoms with Crippen molar-refractivity contribution < 1.29 is 24.2 Å². The summed E-state index contributed by atoms with van der Waals surface area (Å²) in [5.74, 6) is -0.423. The predicted octanol–water partition coefficient (Wildman–Crippen LogP) is 2.40. The van der Waals surface area contributed by atoms with Gasteiger partial charge in [0.05, 0.1) is 17.8 Å². The van der Waals surface area contributed by atoms with Gasteiger partial charge in [0, 0.05) is 13.1 Å². The molecule has 0 unspecified atom stereocenters. The van der Waals surface area contributed by atoms with Crippen molar-refractivity contribution in [1.82, 2.24) is 25.5 Å². The lowest BCUT2D eigenvalue weighted by Crippen LogP contribution is -2.61. The highest BCUT2D eigenvalue weighted by Gasteiger charge is 2.34. The van der Waals surface area contributed by atoms with Crippen LogP contribution in [0.2, 0.25) is 5.15 Å². The van der Waals surface area contributed by atoms with E-state index in [1.807, 2.05) is 37.3 Å². The third-order valence-corrected chi connectivity index (χ3v) is 5.33. The Kier molecular flexibility index (Phi) is 7.35. The van der Waals surface area contributed by atoms with Crippen LogP contribution in [0.4, 0.5) is 9.59 Å². The number of H-pyrrole nitrogens is 1. The summed E-state index contributed by atoms with van der Waals surface area (Å²) >= 11 is 6.00. The maximum absolute atomic E-state index is 12.6. The van der Waals surface area contributed by atoms with E-state index < -0.39 is 30.2 Å². The second-order valence-corrected chi connectivity index (χ2v) is 7.48. The van der Waals surface area contributed by atoms with Crippen LogP contribution in [0, 0.1) is 0 Å². The van der Waals surface area contributed by atoms with Crippen molar-refractivity contribution in [3.8, 4) is 0 Å². The SMILES string of the molecule is CCc1[nH]c(C(=O)N[C@H]2CCN(C(=O)O)C[C@@H]2NC(=O)OCc2ccccc2)nc1Cl. The van der Waals surface area contributed by atoms with Crippen LogP contribution in [0.25, 0.3) is 0 Å². The standard InChI is InChI=1S/C20H24ClN5O5/c1-2-13-16(21)25-17(22-13)18(27)23-14-8-9-26(20(29)30)10-15(14)24-19(28)31-11-12-6-4-3-5-7-12/h3-7,14-15H,2,8-11H2,1H3,(H,22,25)(H,23,27)(H,24,28)(H,29,30)/t14-,15-/m0/s1.